The Bertz CT molecular complexity index is 849. The van der Waals surface area contributed by atoms with E-state index in [1.807, 2.05) is 0 Å². The fourth-order valence-electron chi connectivity index (χ4n) is 2.33. The van der Waals surface area contributed by atoms with E-state index in [-0.39, 0.29) is 24.1 Å². The van der Waals surface area contributed by atoms with Gasteiger partial charge in [0.15, 0.2) is 4.84 Å². The van der Waals surface area contributed by atoms with E-state index in [2.05, 4.69) is 10.6 Å². The number of hydrogen-bond acceptors (Lipinski definition) is 8. The van der Waals surface area contributed by atoms with Crippen molar-refractivity contribution in [2.24, 2.45) is 0 Å². The summed E-state index contributed by atoms with van der Waals surface area (Å²) in [5.74, 6) is -3.65. The number of carboxylic acids is 1. The molecule has 4 N–H and O–H groups in total. The number of amides is 2. The Morgan fingerprint density at radius 3 is 2.22 bits per heavy atom. The van der Waals surface area contributed by atoms with Gasteiger partial charge in [0, 0.05) is 18.6 Å². The first-order chi connectivity index (χ1) is 14.9. The first kappa shape index (κ1) is 27.1. The van der Waals surface area contributed by atoms with Crippen LogP contribution in [0.1, 0.15) is 31.4 Å². The van der Waals surface area contributed by atoms with Gasteiger partial charge in [0.2, 0.25) is 5.91 Å². The molecular weight excluding hydrogens is 473 g/mol. The fourth-order valence-corrected chi connectivity index (χ4v) is 2.45. The molecule has 2 amide bonds. The van der Waals surface area contributed by atoms with Gasteiger partial charge in [0.1, 0.15) is 18.8 Å². The zero-order chi connectivity index (χ0) is 24.4. The highest BCUT2D eigenvalue weighted by molar-refractivity contribution is 6.53. The molecule has 176 valence electrons. The zero-order valence-corrected chi connectivity index (χ0v) is 18.2. The zero-order valence-electron chi connectivity index (χ0n) is 16.7. The molecule has 0 aliphatic carbocycles. The van der Waals surface area contributed by atoms with Gasteiger partial charge in [-0.1, -0.05) is 23.2 Å². The standard InChI is InChI=1S/C18H21Cl2N3O9/c1-9(18(28)29)21-13(24)6-7-14(25)32-8-12(22-17(27)16(19)20)15(26)10-2-4-11(5-3-10)23(30)31/h2-5,9,12,15-16,26H,6-8H2,1H3,(H,21,24)(H,22,27)(H,28,29)/t9-,12-,15-/m1/s1. The summed E-state index contributed by atoms with van der Waals surface area (Å²) in [4.78, 5) is 54.8. The molecule has 0 saturated heterocycles. The van der Waals surface area contributed by atoms with Crippen molar-refractivity contribution in [1.82, 2.24) is 10.6 Å². The highest BCUT2D eigenvalue weighted by atomic mass is 35.5. The van der Waals surface area contributed by atoms with E-state index < -0.39 is 58.3 Å². The number of carbonyl (C=O) groups excluding carboxylic acids is 3. The molecule has 14 heteroatoms. The predicted molar refractivity (Wildman–Crippen MR) is 111 cm³/mol. The average Bonchev–Trinajstić information content (AvgIpc) is 2.74. The van der Waals surface area contributed by atoms with E-state index in [9.17, 15) is 34.4 Å². The second kappa shape index (κ2) is 12.8. The lowest BCUT2D eigenvalue weighted by Gasteiger charge is -2.24. The number of carboxylic acid groups (broad SMARTS) is 1. The number of benzene rings is 1. The molecule has 1 aromatic rings. The van der Waals surface area contributed by atoms with Crippen molar-refractivity contribution < 1.29 is 39.1 Å². The summed E-state index contributed by atoms with van der Waals surface area (Å²) in [7, 11) is 0. The van der Waals surface area contributed by atoms with Crippen LogP contribution >= 0.6 is 23.2 Å². The number of rotatable bonds is 12. The van der Waals surface area contributed by atoms with Crippen LogP contribution in [0, 0.1) is 10.1 Å². The maximum atomic E-state index is 11.9. The number of hydrogen-bond donors (Lipinski definition) is 4. The van der Waals surface area contributed by atoms with Crippen LogP contribution in [0.3, 0.4) is 0 Å². The minimum absolute atomic E-state index is 0.180. The Labute approximate surface area is 192 Å². The molecule has 1 rings (SSSR count). The van der Waals surface area contributed by atoms with Gasteiger partial charge in [-0.25, -0.2) is 0 Å². The van der Waals surface area contributed by atoms with Crippen LogP contribution in [0.2, 0.25) is 0 Å². The Balaban J connectivity index is 2.75. The van der Waals surface area contributed by atoms with Gasteiger partial charge in [-0.2, -0.15) is 0 Å². The first-order valence-electron chi connectivity index (χ1n) is 9.11. The molecule has 0 aromatic heterocycles. The Morgan fingerprint density at radius 1 is 1.12 bits per heavy atom. The fraction of sp³-hybridized carbons (Fsp3) is 0.444. The lowest BCUT2D eigenvalue weighted by atomic mass is 10.0. The van der Waals surface area contributed by atoms with E-state index >= 15 is 0 Å². The van der Waals surface area contributed by atoms with Gasteiger partial charge < -0.3 is 25.6 Å². The molecule has 0 aliphatic rings. The third-order valence-corrected chi connectivity index (χ3v) is 4.48. The normalized spacial score (nSPS) is 13.5. The molecule has 0 aliphatic heterocycles. The molecule has 0 saturated carbocycles. The number of esters is 1. The molecular formula is C18H21Cl2N3O9. The molecule has 12 nitrogen and oxygen atoms in total. The topological polar surface area (TPSA) is 185 Å². The summed E-state index contributed by atoms with van der Waals surface area (Å²) in [5.41, 5.74) is -0.0373. The largest absolute Gasteiger partial charge is 0.480 e. The SMILES string of the molecule is C[C@@H](NC(=O)CCC(=O)OC[C@@H](NC(=O)C(Cl)Cl)[C@H](O)c1ccc([N+](=O)[O-])cc1)C(=O)O. The molecule has 3 atom stereocenters. The third kappa shape index (κ3) is 9.04. The summed E-state index contributed by atoms with van der Waals surface area (Å²) in [6, 6.07) is 2.47. The number of aliphatic carboxylic acids is 1. The number of ether oxygens (including phenoxy) is 1. The third-order valence-electron chi connectivity index (χ3n) is 4.08. The van der Waals surface area contributed by atoms with Crippen molar-refractivity contribution in [2.45, 2.75) is 42.8 Å². The molecule has 0 heterocycles. The van der Waals surface area contributed by atoms with Gasteiger partial charge >= 0.3 is 11.9 Å². The van der Waals surface area contributed by atoms with Gasteiger partial charge in [0.05, 0.1) is 17.4 Å². The van der Waals surface area contributed by atoms with E-state index in [1.165, 1.54) is 19.1 Å². The van der Waals surface area contributed by atoms with E-state index in [4.69, 9.17) is 33.0 Å². The number of carbonyl (C=O) groups is 4. The van der Waals surface area contributed by atoms with Crippen LogP contribution in [0.15, 0.2) is 24.3 Å². The van der Waals surface area contributed by atoms with Crippen molar-refractivity contribution in [3.05, 3.63) is 39.9 Å². The predicted octanol–water partition coefficient (Wildman–Crippen LogP) is 0.829. The molecule has 1 aromatic carbocycles. The molecule has 0 bridgehead atoms. The number of nitro benzene ring substituents is 1. The molecule has 0 spiro atoms. The minimum atomic E-state index is -1.47. The van der Waals surface area contributed by atoms with Gasteiger partial charge in [-0.15, -0.1) is 0 Å². The van der Waals surface area contributed by atoms with Crippen molar-refractivity contribution in [1.29, 1.82) is 0 Å². The number of nitrogens with one attached hydrogen (secondary N) is 2. The van der Waals surface area contributed by atoms with Gasteiger partial charge in [-0.3, -0.25) is 29.3 Å². The summed E-state index contributed by atoms with van der Waals surface area (Å²) >= 11 is 11.0. The molecule has 32 heavy (non-hydrogen) atoms. The maximum absolute atomic E-state index is 11.9. The number of halogens is 2. The van der Waals surface area contributed by atoms with Gasteiger partial charge in [0.25, 0.3) is 11.6 Å². The Hall–Kier alpha value is -2.96. The van der Waals surface area contributed by atoms with E-state index in [0.717, 1.165) is 12.1 Å². The van der Waals surface area contributed by atoms with E-state index in [1.54, 1.807) is 0 Å². The number of aliphatic hydroxyl groups excluding tert-OH is 1. The van der Waals surface area contributed by atoms with Crippen LogP contribution in [0.5, 0.6) is 0 Å². The number of nitro groups is 1. The number of alkyl halides is 2. The second-order valence-electron chi connectivity index (χ2n) is 6.52. The monoisotopic (exact) mass is 493 g/mol. The van der Waals surface area contributed by atoms with Crippen molar-refractivity contribution in [2.75, 3.05) is 6.61 Å². The number of nitrogens with zero attached hydrogens (tertiary/aromatic N) is 1. The number of aliphatic hydroxyl groups is 1. The molecule has 0 unspecified atom stereocenters. The highest BCUT2D eigenvalue weighted by Gasteiger charge is 2.27. The van der Waals surface area contributed by atoms with Crippen LogP contribution in [-0.2, 0) is 23.9 Å². The lowest BCUT2D eigenvalue weighted by Crippen LogP contribution is -2.45. The molecule has 0 fully saturated rings. The Morgan fingerprint density at radius 2 is 1.72 bits per heavy atom. The average molecular weight is 494 g/mol. The van der Waals surface area contributed by atoms with Crippen LogP contribution in [-0.4, -0.2) is 62.4 Å². The van der Waals surface area contributed by atoms with Crippen molar-refractivity contribution in [3.8, 4) is 0 Å². The summed E-state index contributed by atoms with van der Waals surface area (Å²) in [6.07, 6.45) is -2.18. The lowest BCUT2D eigenvalue weighted by molar-refractivity contribution is -0.384. The van der Waals surface area contributed by atoms with Crippen molar-refractivity contribution in [3.63, 3.8) is 0 Å². The van der Waals surface area contributed by atoms with Crippen LogP contribution < -0.4 is 10.6 Å². The van der Waals surface area contributed by atoms with Crippen LogP contribution in [0.4, 0.5) is 5.69 Å². The molecule has 0 radical (unpaired) electrons. The van der Waals surface area contributed by atoms with Gasteiger partial charge in [-0.05, 0) is 24.6 Å². The highest BCUT2D eigenvalue weighted by Crippen LogP contribution is 2.21. The minimum Gasteiger partial charge on any atom is -0.480 e. The quantitative estimate of drug-likeness (QED) is 0.141. The van der Waals surface area contributed by atoms with Crippen LogP contribution in [0.25, 0.3) is 0 Å². The Kier molecular flexibility index (Phi) is 10.8. The smallest absolute Gasteiger partial charge is 0.325 e. The summed E-state index contributed by atoms with van der Waals surface area (Å²) < 4.78 is 4.99. The summed E-state index contributed by atoms with van der Waals surface area (Å²) in [6.45, 7) is 0.725. The first-order valence-corrected chi connectivity index (χ1v) is 9.98. The van der Waals surface area contributed by atoms with Crippen molar-refractivity contribution >= 4 is 52.6 Å². The summed E-state index contributed by atoms with van der Waals surface area (Å²) in [5, 5.41) is 34.5. The second-order valence-corrected chi connectivity index (χ2v) is 7.62. The number of non-ortho nitro benzene ring substituents is 1. The van der Waals surface area contributed by atoms with E-state index in [0.29, 0.717) is 0 Å². The maximum Gasteiger partial charge on any atom is 0.325 e.